The van der Waals surface area contributed by atoms with Crippen molar-refractivity contribution in [3.05, 3.63) is 58.9 Å². The molecule has 3 aliphatic rings. The van der Waals surface area contributed by atoms with Crippen LogP contribution < -0.4 is 15.5 Å². The minimum absolute atomic E-state index is 0.451. The zero-order valence-electron chi connectivity index (χ0n) is 17.5. The Kier molecular flexibility index (Phi) is 5.53. The molecule has 1 unspecified atom stereocenters. The van der Waals surface area contributed by atoms with Crippen LogP contribution in [0.4, 0.5) is 5.69 Å². The molecule has 5 heteroatoms. The predicted octanol–water partition coefficient (Wildman–Crippen LogP) is 2.51. The Labute approximate surface area is 174 Å². The number of hydrogen-bond acceptors (Lipinski definition) is 5. The fraction of sp³-hybridized carbons (Fsp3) is 0.542. The summed E-state index contributed by atoms with van der Waals surface area (Å²) >= 11 is 0. The number of benzene rings is 1. The van der Waals surface area contributed by atoms with Crippen molar-refractivity contribution in [1.29, 1.82) is 0 Å². The topological polar surface area (TPSA) is 43.4 Å². The van der Waals surface area contributed by atoms with E-state index in [4.69, 9.17) is 4.98 Å². The Morgan fingerprint density at radius 1 is 1.14 bits per heavy atom. The standard InChI is InChI=1S/C24H33N5/c1-28(23-9-2-5-18-7-4-10-26-24(18)23)17-20-15-21-19(16-27-20)6-3-8-22(21)29-13-11-25-12-14-29/h3-4,6-8,10,20,23,25,27H,2,5,9,11-17H2,1H3/t20?,23-/m0/s1. The molecule has 1 aromatic carbocycles. The second-order valence-corrected chi connectivity index (χ2v) is 8.83. The minimum Gasteiger partial charge on any atom is -0.369 e. The van der Waals surface area contributed by atoms with E-state index in [1.165, 1.54) is 41.8 Å². The molecule has 154 valence electrons. The lowest BCUT2D eigenvalue weighted by molar-refractivity contribution is 0.191. The molecule has 2 atom stereocenters. The van der Waals surface area contributed by atoms with Crippen molar-refractivity contribution in [2.45, 2.75) is 44.3 Å². The first-order valence-electron chi connectivity index (χ1n) is 11.2. The highest BCUT2D eigenvalue weighted by atomic mass is 15.2. The molecule has 5 rings (SSSR count). The van der Waals surface area contributed by atoms with Gasteiger partial charge in [-0.05, 0) is 61.6 Å². The van der Waals surface area contributed by atoms with Crippen LogP contribution in [-0.4, -0.2) is 55.7 Å². The van der Waals surface area contributed by atoms with Crippen molar-refractivity contribution in [3.63, 3.8) is 0 Å². The Balaban J connectivity index is 1.31. The van der Waals surface area contributed by atoms with Crippen LogP contribution in [0.25, 0.3) is 0 Å². The number of nitrogens with one attached hydrogen (secondary N) is 2. The highest BCUT2D eigenvalue weighted by Crippen LogP contribution is 2.33. The third kappa shape index (κ3) is 3.91. The van der Waals surface area contributed by atoms with E-state index in [1.807, 2.05) is 6.20 Å². The molecule has 0 radical (unpaired) electrons. The van der Waals surface area contributed by atoms with Gasteiger partial charge >= 0.3 is 0 Å². The number of nitrogens with zero attached hydrogens (tertiary/aromatic N) is 3. The predicted molar refractivity (Wildman–Crippen MR) is 118 cm³/mol. The Morgan fingerprint density at radius 2 is 2.00 bits per heavy atom. The van der Waals surface area contributed by atoms with Crippen LogP contribution in [0.1, 0.15) is 41.3 Å². The van der Waals surface area contributed by atoms with Gasteiger partial charge in [-0.2, -0.15) is 0 Å². The summed E-state index contributed by atoms with van der Waals surface area (Å²) in [6, 6.07) is 12.1. The van der Waals surface area contributed by atoms with Gasteiger partial charge in [-0.25, -0.2) is 0 Å². The highest BCUT2D eigenvalue weighted by molar-refractivity contribution is 5.58. The van der Waals surface area contributed by atoms with Crippen LogP contribution in [0.5, 0.6) is 0 Å². The van der Waals surface area contributed by atoms with E-state index in [-0.39, 0.29) is 0 Å². The minimum atomic E-state index is 0.451. The highest BCUT2D eigenvalue weighted by Gasteiger charge is 2.29. The van der Waals surface area contributed by atoms with Crippen molar-refractivity contribution in [1.82, 2.24) is 20.5 Å². The Bertz CT molecular complexity index is 845. The quantitative estimate of drug-likeness (QED) is 0.838. The molecule has 1 aliphatic carbocycles. The number of likely N-dealkylation sites (N-methyl/N-ethyl adjacent to an activating group) is 1. The van der Waals surface area contributed by atoms with Crippen LogP contribution in [0.3, 0.4) is 0 Å². The van der Waals surface area contributed by atoms with Gasteiger partial charge in [0.1, 0.15) is 0 Å². The summed E-state index contributed by atoms with van der Waals surface area (Å²) in [5.74, 6) is 0. The number of rotatable bonds is 4. The first-order chi connectivity index (χ1) is 14.3. The molecule has 0 amide bonds. The van der Waals surface area contributed by atoms with Gasteiger partial charge in [-0.3, -0.25) is 9.88 Å². The maximum atomic E-state index is 4.75. The van der Waals surface area contributed by atoms with Crippen molar-refractivity contribution < 1.29 is 0 Å². The maximum absolute atomic E-state index is 4.75. The summed E-state index contributed by atoms with van der Waals surface area (Å²) in [4.78, 5) is 9.87. The largest absolute Gasteiger partial charge is 0.369 e. The van der Waals surface area contributed by atoms with Crippen molar-refractivity contribution in [2.75, 3.05) is 44.7 Å². The number of aryl methyl sites for hydroxylation is 1. The molecule has 2 aliphatic heterocycles. The van der Waals surface area contributed by atoms with Crippen LogP contribution in [0, 0.1) is 0 Å². The molecular formula is C24H33N5. The van der Waals surface area contributed by atoms with Gasteiger partial charge in [0.2, 0.25) is 0 Å². The Hall–Kier alpha value is -1.95. The molecule has 1 aromatic heterocycles. The number of anilines is 1. The van der Waals surface area contributed by atoms with Crippen LogP contribution in [0.15, 0.2) is 36.5 Å². The maximum Gasteiger partial charge on any atom is 0.0607 e. The van der Waals surface area contributed by atoms with Crippen LogP contribution in [0.2, 0.25) is 0 Å². The van der Waals surface area contributed by atoms with Crippen molar-refractivity contribution >= 4 is 5.69 Å². The average Bonchev–Trinajstić information content (AvgIpc) is 2.79. The SMILES string of the molecule is CN(CC1Cc2c(cccc2N2CCNCC2)CN1)[C@H]1CCCc2cccnc21. The fourth-order valence-corrected chi connectivity index (χ4v) is 5.42. The van der Waals surface area contributed by atoms with Gasteiger partial charge in [0.15, 0.2) is 0 Å². The van der Waals surface area contributed by atoms with Crippen LogP contribution >= 0.6 is 0 Å². The molecule has 2 aromatic rings. The summed E-state index contributed by atoms with van der Waals surface area (Å²) in [5.41, 5.74) is 7.25. The molecule has 29 heavy (non-hydrogen) atoms. The summed E-state index contributed by atoms with van der Waals surface area (Å²) in [6.45, 7) is 6.44. The second kappa shape index (κ2) is 8.42. The van der Waals surface area contributed by atoms with Crippen molar-refractivity contribution in [3.8, 4) is 0 Å². The second-order valence-electron chi connectivity index (χ2n) is 8.83. The van der Waals surface area contributed by atoms with Crippen LogP contribution in [-0.2, 0) is 19.4 Å². The van der Waals surface area contributed by atoms with E-state index in [9.17, 15) is 0 Å². The van der Waals surface area contributed by atoms with E-state index in [0.29, 0.717) is 12.1 Å². The van der Waals surface area contributed by atoms with E-state index in [0.717, 1.165) is 45.7 Å². The number of hydrogen-bond donors (Lipinski definition) is 2. The zero-order chi connectivity index (χ0) is 19.6. The monoisotopic (exact) mass is 391 g/mol. The third-order valence-electron chi connectivity index (χ3n) is 6.94. The molecule has 5 nitrogen and oxygen atoms in total. The summed E-state index contributed by atoms with van der Waals surface area (Å²) < 4.78 is 0. The summed E-state index contributed by atoms with van der Waals surface area (Å²) in [6.07, 6.45) is 6.73. The lowest BCUT2D eigenvalue weighted by Gasteiger charge is -2.38. The molecular weight excluding hydrogens is 358 g/mol. The van der Waals surface area contributed by atoms with E-state index >= 15 is 0 Å². The molecule has 3 heterocycles. The first kappa shape index (κ1) is 19.0. The van der Waals surface area contributed by atoms with E-state index in [2.05, 4.69) is 57.8 Å². The normalized spacial score (nSPS) is 24.3. The molecule has 0 saturated carbocycles. The molecule has 0 spiro atoms. The molecule has 1 fully saturated rings. The Morgan fingerprint density at radius 3 is 2.90 bits per heavy atom. The molecule has 2 N–H and O–H groups in total. The average molecular weight is 392 g/mol. The van der Waals surface area contributed by atoms with Gasteiger partial charge < -0.3 is 15.5 Å². The number of piperazine rings is 1. The fourth-order valence-electron chi connectivity index (χ4n) is 5.42. The number of pyridine rings is 1. The van der Waals surface area contributed by atoms with Gasteiger partial charge in [-0.15, -0.1) is 0 Å². The summed E-state index contributed by atoms with van der Waals surface area (Å²) in [7, 11) is 2.29. The van der Waals surface area contributed by atoms with E-state index in [1.54, 1.807) is 5.56 Å². The lowest BCUT2D eigenvalue weighted by atomic mass is 9.89. The number of aromatic nitrogens is 1. The van der Waals surface area contributed by atoms with Gasteiger partial charge in [0.25, 0.3) is 0 Å². The summed E-state index contributed by atoms with van der Waals surface area (Å²) in [5, 5.41) is 7.28. The molecule has 0 bridgehead atoms. The van der Waals surface area contributed by atoms with Gasteiger partial charge in [-0.1, -0.05) is 18.2 Å². The third-order valence-corrected chi connectivity index (χ3v) is 6.94. The smallest absolute Gasteiger partial charge is 0.0607 e. The van der Waals surface area contributed by atoms with Crippen molar-refractivity contribution in [2.24, 2.45) is 0 Å². The first-order valence-corrected chi connectivity index (χ1v) is 11.2. The van der Waals surface area contributed by atoms with Gasteiger partial charge in [0, 0.05) is 57.2 Å². The molecule has 1 saturated heterocycles. The zero-order valence-corrected chi connectivity index (χ0v) is 17.5. The van der Waals surface area contributed by atoms with Gasteiger partial charge in [0.05, 0.1) is 11.7 Å². The number of fused-ring (bicyclic) bond motifs is 2. The lowest BCUT2D eigenvalue weighted by Crippen LogP contribution is -2.47. The van der Waals surface area contributed by atoms with E-state index < -0.39 is 0 Å².